The molecule has 0 aliphatic carbocycles. The van der Waals surface area contributed by atoms with Crippen molar-refractivity contribution in [3.05, 3.63) is 68.6 Å². The van der Waals surface area contributed by atoms with E-state index in [0.717, 1.165) is 8.95 Å². The van der Waals surface area contributed by atoms with Crippen LogP contribution >= 0.6 is 57.1 Å². The average molecular weight is 404 g/mol. The third kappa shape index (κ3) is 3.56. The van der Waals surface area contributed by atoms with Crippen molar-refractivity contribution in [3.8, 4) is 0 Å². The summed E-state index contributed by atoms with van der Waals surface area (Å²) in [5.74, 6) is 0. The van der Waals surface area contributed by atoms with Gasteiger partial charge < -0.3 is 0 Å². The Morgan fingerprint density at radius 3 is 1.17 bits per heavy atom. The molecule has 0 saturated carbocycles. The van der Waals surface area contributed by atoms with Crippen LogP contribution in [0.4, 0.5) is 0 Å². The Morgan fingerprint density at radius 2 is 0.889 bits per heavy atom. The summed E-state index contributed by atoms with van der Waals surface area (Å²) in [6.45, 7) is 0. The van der Waals surface area contributed by atoms with Crippen LogP contribution in [0.1, 0.15) is 21.6 Å². The summed E-state index contributed by atoms with van der Waals surface area (Å²) >= 11 is 16.2. The number of halogens is 2. The maximum atomic E-state index is 4.68. The van der Waals surface area contributed by atoms with E-state index < -0.39 is 0 Å². The Kier molecular flexibility index (Phi) is 5.24. The second-order valence-corrected chi connectivity index (χ2v) is 6.94. The van der Waals surface area contributed by atoms with Gasteiger partial charge in [-0.3, -0.25) is 0 Å². The van der Waals surface area contributed by atoms with Crippen molar-refractivity contribution in [2.24, 2.45) is 0 Å². The van der Waals surface area contributed by atoms with Gasteiger partial charge in [-0.05, 0) is 35.4 Å². The lowest BCUT2D eigenvalue weighted by atomic mass is 10.0. The molecule has 0 aliphatic heterocycles. The lowest BCUT2D eigenvalue weighted by Gasteiger charge is -2.19. The van der Waals surface area contributed by atoms with Gasteiger partial charge in [0.15, 0.2) is 0 Å². The minimum Gasteiger partial charge on any atom is -0.170 e. The Hall–Kier alpha value is 0.1000. The maximum Gasteiger partial charge on any atom is 0.0424 e. The minimum atomic E-state index is 0.0719. The number of rotatable bonds is 3. The zero-order chi connectivity index (χ0) is 13.1. The Labute approximate surface area is 135 Å². The third-order valence-corrected chi connectivity index (χ3v) is 5.21. The van der Waals surface area contributed by atoms with Crippen LogP contribution in [0, 0.1) is 0 Å². The number of hydrogen-bond acceptors (Lipinski definition) is 2. The molecule has 2 aromatic rings. The molecule has 2 unspecified atom stereocenters. The number of hydrogen-bond donors (Lipinski definition) is 2. The van der Waals surface area contributed by atoms with Gasteiger partial charge in [-0.1, -0.05) is 56.1 Å². The zero-order valence-corrected chi connectivity index (χ0v) is 14.4. The summed E-state index contributed by atoms with van der Waals surface area (Å²) in [5, 5.41) is 0.144. The molecule has 0 saturated heterocycles. The van der Waals surface area contributed by atoms with E-state index in [9.17, 15) is 0 Å². The predicted molar refractivity (Wildman–Crippen MR) is 91.7 cm³/mol. The first kappa shape index (κ1) is 14.5. The van der Waals surface area contributed by atoms with E-state index in [1.54, 1.807) is 0 Å². The largest absolute Gasteiger partial charge is 0.170 e. The molecular weight excluding hydrogens is 392 g/mol. The Bertz CT molecular complexity index is 459. The quantitative estimate of drug-likeness (QED) is 0.589. The van der Waals surface area contributed by atoms with Crippen LogP contribution in [0.15, 0.2) is 57.5 Å². The Morgan fingerprint density at radius 1 is 0.611 bits per heavy atom. The van der Waals surface area contributed by atoms with Crippen LogP contribution < -0.4 is 0 Å². The molecule has 2 rings (SSSR count). The predicted octanol–water partition coefficient (Wildman–Crippen LogP) is 5.85. The molecule has 0 fully saturated rings. The Balaban J connectivity index is 2.20. The molecule has 0 aliphatic rings. The van der Waals surface area contributed by atoms with Gasteiger partial charge in [0, 0.05) is 19.4 Å². The van der Waals surface area contributed by atoms with E-state index in [-0.39, 0.29) is 10.5 Å². The molecule has 0 amide bonds. The highest BCUT2D eigenvalue weighted by Crippen LogP contribution is 2.39. The molecule has 0 aromatic heterocycles. The first-order valence-electron chi connectivity index (χ1n) is 5.45. The van der Waals surface area contributed by atoms with Crippen LogP contribution in [0.5, 0.6) is 0 Å². The van der Waals surface area contributed by atoms with Gasteiger partial charge >= 0.3 is 0 Å². The lowest BCUT2D eigenvalue weighted by Crippen LogP contribution is -2.00. The van der Waals surface area contributed by atoms with Crippen molar-refractivity contribution >= 4 is 57.1 Å². The summed E-state index contributed by atoms with van der Waals surface area (Å²) in [6.07, 6.45) is 0. The highest BCUT2D eigenvalue weighted by molar-refractivity contribution is 9.10. The minimum absolute atomic E-state index is 0.0719. The molecule has 2 aromatic carbocycles. The van der Waals surface area contributed by atoms with E-state index in [0.29, 0.717) is 0 Å². The summed E-state index contributed by atoms with van der Waals surface area (Å²) < 4.78 is 2.15. The van der Waals surface area contributed by atoms with Gasteiger partial charge in [0.2, 0.25) is 0 Å². The van der Waals surface area contributed by atoms with Gasteiger partial charge in [-0.15, -0.1) is 0 Å². The van der Waals surface area contributed by atoms with E-state index in [1.165, 1.54) is 11.1 Å². The molecule has 0 radical (unpaired) electrons. The number of benzene rings is 2. The fourth-order valence-corrected chi connectivity index (χ4v) is 2.90. The van der Waals surface area contributed by atoms with Crippen molar-refractivity contribution in [3.63, 3.8) is 0 Å². The van der Waals surface area contributed by atoms with Gasteiger partial charge in [-0.2, -0.15) is 25.3 Å². The van der Waals surface area contributed by atoms with Crippen LogP contribution in [-0.2, 0) is 0 Å². The lowest BCUT2D eigenvalue weighted by molar-refractivity contribution is 0.919. The van der Waals surface area contributed by atoms with E-state index in [2.05, 4.69) is 81.4 Å². The third-order valence-electron chi connectivity index (χ3n) is 2.72. The summed E-state index contributed by atoms with van der Waals surface area (Å²) in [6, 6.07) is 16.4. The van der Waals surface area contributed by atoms with Crippen LogP contribution in [0.3, 0.4) is 0 Å². The fraction of sp³-hybridized carbons (Fsp3) is 0.143. The maximum absolute atomic E-state index is 4.68. The van der Waals surface area contributed by atoms with Crippen LogP contribution in [-0.4, -0.2) is 0 Å². The molecule has 0 nitrogen and oxygen atoms in total. The molecule has 0 spiro atoms. The first-order valence-corrected chi connectivity index (χ1v) is 8.07. The van der Waals surface area contributed by atoms with Crippen molar-refractivity contribution < 1.29 is 0 Å². The van der Waals surface area contributed by atoms with Gasteiger partial charge in [0.05, 0.1) is 0 Å². The summed E-state index contributed by atoms with van der Waals surface area (Å²) in [5.41, 5.74) is 2.34. The zero-order valence-electron chi connectivity index (χ0n) is 9.42. The molecule has 2 atom stereocenters. The standard InChI is InChI=1S/C14H12Br2S2/c15-11-5-1-9(2-6-11)13(17)14(18)10-3-7-12(16)8-4-10/h1-8,13-14,17-18H. The normalized spacial score (nSPS) is 14.2. The van der Waals surface area contributed by atoms with Gasteiger partial charge in [0.1, 0.15) is 0 Å². The smallest absolute Gasteiger partial charge is 0.0424 e. The van der Waals surface area contributed by atoms with Crippen LogP contribution in [0.2, 0.25) is 0 Å². The highest BCUT2D eigenvalue weighted by Gasteiger charge is 2.17. The summed E-state index contributed by atoms with van der Waals surface area (Å²) in [4.78, 5) is 0. The molecular formula is C14H12Br2S2. The highest BCUT2D eigenvalue weighted by atomic mass is 79.9. The molecule has 0 N–H and O–H groups in total. The van der Waals surface area contributed by atoms with Crippen LogP contribution in [0.25, 0.3) is 0 Å². The van der Waals surface area contributed by atoms with Gasteiger partial charge in [0.25, 0.3) is 0 Å². The molecule has 0 bridgehead atoms. The topological polar surface area (TPSA) is 0 Å². The second kappa shape index (κ2) is 6.51. The molecule has 4 heteroatoms. The van der Waals surface area contributed by atoms with Crippen molar-refractivity contribution in [2.45, 2.75) is 10.5 Å². The van der Waals surface area contributed by atoms with Crippen molar-refractivity contribution in [1.29, 1.82) is 0 Å². The number of thiol groups is 2. The summed E-state index contributed by atoms with van der Waals surface area (Å²) in [7, 11) is 0. The first-order chi connectivity index (χ1) is 8.58. The van der Waals surface area contributed by atoms with Gasteiger partial charge in [-0.25, -0.2) is 0 Å². The SMILES string of the molecule is SC(c1ccc(Br)cc1)C(S)c1ccc(Br)cc1. The van der Waals surface area contributed by atoms with Crippen molar-refractivity contribution in [2.75, 3.05) is 0 Å². The fourth-order valence-electron chi connectivity index (χ4n) is 1.68. The van der Waals surface area contributed by atoms with E-state index in [4.69, 9.17) is 0 Å². The second-order valence-electron chi connectivity index (χ2n) is 3.99. The molecule has 0 heterocycles. The molecule has 94 valence electrons. The van der Waals surface area contributed by atoms with E-state index >= 15 is 0 Å². The van der Waals surface area contributed by atoms with Crippen molar-refractivity contribution in [1.82, 2.24) is 0 Å². The van der Waals surface area contributed by atoms with E-state index in [1.807, 2.05) is 24.3 Å². The average Bonchev–Trinajstić information content (AvgIpc) is 2.39. The monoisotopic (exact) mass is 402 g/mol. The molecule has 18 heavy (non-hydrogen) atoms.